The molecule has 1 aliphatic carbocycles. The zero-order valence-corrected chi connectivity index (χ0v) is 13.9. The smallest absolute Gasteiger partial charge is 0.274 e. The van der Waals surface area contributed by atoms with Gasteiger partial charge in [0.25, 0.3) is 5.91 Å². The van der Waals surface area contributed by atoms with Crippen LogP contribution in [0.3, 0.4) is 0 Å². The number of fused-ring (bicyclic) bond motifs is 3. The maximum atomic E-state index is 11.5. The molecule has 1 heterocycles. The second-order valence-corrected chi connectivity index (χ2v) is 6.67. The number of amides is 1. The Hall–Kier alpha value is -2.63. The Morgan fingerprint density at radius 1 is 1.20 bits per heavy atom. The Balaban J connectivity index is 1.73. The summed E-state index contributed by atoms with van der Waals surface area (Å²) in [6, 6.07) is 16.0. The van der Waals surface area contributed by atoms with E-state index in [2.05, 4.69) is 28.8 Å². The second-order valence-electron chi connectivity index (χ2n) is 6.67. The molecule has 1 aromatic heterocycles. The van der Waals surface area contributed by atoms with Crippen LogP contribution in [0, 0.1) is 0 Å². The molecule has 1 amide bonds. The van der Waals surface area contributed by atoms with Gasteiger partial charge in [-0.2, -0.15) is 0 Å². The number of benzene rings is 2. The highest BCUT2D eigenvalue weighted by atomic mass is 16.5. The van der Waals surface area contributed by atoms with Crippen molar-refractivity contribution in [3.05, 3.63) is 70.9 Å². The van der Waals surface area contributed by atoms with Crippen molar-refractivity contribution in [1.82, 2.24) is 10.0 Å². The first-order chi connectivity index (χ1) is 12.2. The van der Waals surface area contributed by atoms with Crippen molar-refractivity contribution in [1.29, 1.82) is 0 Å². The normalized spacial score (nSPS) is 16.6. The first-order valence-corrected chi connectivity index (χ1v) is 8.55. The molecule has 1 unspecified atom stereocenters. The summed E-state index contributed by atoms with van der Waals surface area (Å²) in [6.45, 7) is 0.756. The summed E-state index contributed by atoms with van der Waals surface area (Å²) in [5.74, 6) is -0.496. The number of nitrogens with one attached hydrogen (secondary N) is 1. The standard InChI is InChI=1S/C20H21N3O2/c21-15-9-10-19-17(11-15)16-3-1-2-4-18(16)23(19)12-13-5-7-14(8-6-13)20(24)22-25/h1-8,15,25H,9-12,21H2,(H,22,24). The number of carbonyl (C=O) groups is 1. The van der Waals surface area contributed by atoms with E-state index in [0.29, 0.717) is 5.56 Å². The Bertz CT molecular complexity index is 928. The maximum Gasteiger partial charge on any atom is 0.274 e. The summed E-state index contributed by atoms with van der Waals surface area (Å²) >= 11 is 0. The van der Waals surface area contributed by atoms with Crippen LogP contribution >= 0.6 is 0 Å². The van der Waals surface area contributed by atoms with E-state index in [4.69, 9.17) is 10.9 Å². The molecule has 5 heteroatoms. The number of nitrogens with zero attached hydrogens (tertiary/aromatic N) is 1. The van der Waals surface area contributed by atoms with E-state index in [0.717, 1.165) is 31.4 Å². The number of carbonyl (C=O) groups excluding carboxylic acids is 1. The average molecular weight is 335 g/mol. The summed E-state index contributed by atoms with van der Waals surface area (Å²) < 4.78 is 2.37. The van der Waals surface area contributed by atoms with Crippen LogP contribution in [0.15, 0.2) is 48.5 Å². The van der Waals surface area contributed by atoms with Crippen LogP contribution in [0.2, 0.25) is 0 Å². The minimum atomic E-state index is -0.496. The molecule has 0 saturated carbocycles. The molecule has 0 radical (unpaired) electrons. The van der Waals surface area contributed by atoms with Crippen molar-refractivity contribution in [3.8, 4) is 0 Å². The summed E-state index contributed by atoms with van der Waals surface area (Å²) in [4.78, 5) is 11.5. The molecule has 0 spiro atoms. The summed E-state index contributed by atoms with van der Waals surface area (Å²) in [7, 11) is 0. The number of hydroxylamine groups is 1. The van der Waals surface area contributed by atoms with Gasteiger partial charge in [0.2, 0.25) is 0 Å². The predicted molar refractivity (Wildman–Crippen MR) is 96.7 cm³/mol. The van der Waals surface area contributed by atoms with Crippen LogP contribution in [-0.2, 0) is 19.4 Å². The number of aromatic nitrogens is 1. The van der Waals surface area contributed by atoms with Crippen molar-refractivity contribution < 1.29 is 10.0 Å². The van der Waals surface area contributed by atoms with Gasteiger partial charge in [-0.3, -0.25) is 10.0 Å². The highest BCUT2D eigenvalue weighted by Gasteiger charge is 2.23. The van der Waals surface area contributed by atoms with Gasteiger partial charge >= 0.3 is 0 Å². The van der Waals surface area contributed by atoms with Gasteiger partial charge < -0.3 is 10.3 Å². The Morgan fingerprint density at radius 2 is 1.96 bits per heavy atom. The minimum Gasteiger partial charge on any atom is -0.340 e. The van der Waals surface area contributed by atoms with Crippen LogP contribution in [0.4, 0.5) is 0 Å². The third kappa shape index (κ3) is 2.81. The van der Waals surface area contributed by atoms with Gasteiger partial charge in [-0.15, -0.1) is 0 Å². The van der Waals surface area contributed by atoms with Crippen LogP contribution in [0.1, 0.15) is 33.6 Å². The van der Waals surface area contributed by atoms with Gasteiger partial charge in [-0.05, 0) is 48.6 Å². The lowest BCUT2D eigenvalue weighted by Gasteiger charge is -2.21. The van der Waals surface area contributed by atoms with E-state index in [1.807, 2.05) is 12.1 Å². The molecule has 1 aliphatic rings. The second kappa shape index (κ2) is 6.35. The van der Waals surface area contributed by atoms with Crippen molar-refractivity contribution >= 4 is 16.8 Å². The van der Waals surface area contributed by atoms with E-state index in [9.17, 15) is 4.79 Å². The highest BCUT2D eigenvalue weighted by molar-refractivity contribution is 5.93. The zero-order chi connectivity index (χ0) is 17.4. The number of hydrogen-bond donors (Lipinski definition) is 3. The fourth-order valence-electron chi connectivity index (χ4n) is 3.82. The lowest BCUT2D eigenvalue weighted by molar-refractivity contribution is 0.0706. The molecule has 0 bridgehead atoms. The first kappa shape index (κ1) is 15.9. The van der Waals surface area contributed by atoms with Crippen molar-refractivity contribution in [2.45, 2.75) is 31.8 Å². The summed E-state index contributed by atoms with van der Waals surface area (Å²) in [5.41, 5.74) is 13.4. The Labute approximate surface area is 146 Å². The topological polar surface area (TPSA) is 80.3 Å². The summed E-state index contributed by atoms with van der Waals surface area (Å²) in [5, 5.41) is 10.0. The van der Waals surface area contributed by atoms with Gasteiger partial charge in [0.15, 0.2) is 0 Å². The van der Waals surface area contributed by atoms with E-state index in [1.165, 1.54) is 22.2 Å². The number of nitrogens with two attached hydrogens (primary N) is 1. The van der Waals surface area contributed by atoms with Crippen molar-refractivity contribution in [3.63, 3.8) is 0 Å². The third-order valence-electron chi connectivity index (χ3n) is 5.07. The quantitative estimate of drug-likeness (QED) is 0.508. The fraction of sp³-hybridized carbons (Fsp3) is 0.250. The lowest BCUT2D eigenvalue weighted by Crippen LogP contribution is -2.28. The molecule has 25 heavy (non-hydrogen) atoms. The fourth-order valence-corrected chi connectivity index (χ4v) is 3.82. The third-order valence-corrected chi connectivity index (χ3v) is 5.07. The Morgan fingerprint density at radius 3 is 2.72 bits per heavy atom. The van der Waals surface area contributed by atoms with E-state index in [-0.39, 0.29) is 6.04 Å². The molecule has 0 saturated heterocycles. The van der Waals surface area contributed by atoms with Crippen LogP contribution in [0.25, 0.3) is 10.9 Å². The van der Waals surface area contributed by atoms with Crippen LogP contribution in [0.5, 0.6) is 0 Å². The Kier molecular flexibility index (Phi) is 4.03. The zero-order valence-electron chi connectivity index (χ0n) is 13.9. The molecule has 0 aliphatic heterocycles. The average Bonchev–Trinajstić information content (AvgIpc) is 2.95. The molecule has 1 atom stereocenters. The van der Waals surface area contributed by atoms with Gasteiger partial charge in [-0.25, -0.2) is 5.48 Å². The van der Waals surface area contributed by atoms with Crippen molar-refractivity contribution in [2.75, 3.05) is 0 Å². The van der Waals surface area contributed by atoms with Crippen LogP contribution < -0.4 is 11.2 Å². The molecule has 4 N–H and O–H groups in total. The van der Waals surface area contributed by atoms with Gasteiger partial charge in [0.1, 0.15) is 0 Å². The summed E-state index contributed by atoms with van der Waals surface area (Å²) in [6.07, 6.45) is 2.94. The predicted octanol–water partition coefficient (Wildman–Crippen LogP) is 2.62. The largest absolute Gasteiger partial charge is 0.340 e. The van der Waals surface area contributed by atoms with E-state index in [1.54, 1.807) is 17.6 Å². The van der Waals surface area contributed by atoms with Gasteiger partial charge in [0, 0.05) is 34.7 Å². The van der Waals surface area contributed by atoms with E-state index >= 15 is 0 Å². The van der Waals surface area contributed by atoms with Gasteiger partial charge in [-0.1, -0.05) is 30.3 Å². The molecule has 128 valence electrons. The molecular formula is C20H21N3O2. The van der Waals surface area contributed by atoms with Crippen molar-refractivity contribution in [2.24, 2.45) is 5.73 Å². The monoisotopic (exact) mass is 335 g/mol. The van der Waals surface area contributed by atoms with Crippen LogP contribution in [-0.4, -0.2) is 21.7 Å². The molecule has 0 fully saturated rings. The lowest BCUT2D eigenvalue weighted by atomic mass is 9.92. The molecule has 3 aromatic rings. The highest BCUT2D eigenvalue weighted by Crippen LogP contribution is 2.32. The number of hydrogen-bond acceptors (Lipinski definition) is 3. The van der Waals surface area contributed by atoms with Gasteiger partial charge in [0.05, 0.1) is 0 Å². The first-order valence-electron chi connectivity index (χ1n) is 8.55. The molecular weight excluding hydrogens is 314 g/mol. The van der Waals surface area contributed by atoms with E-state index < -0.39 is 5.91 Å². The molecule has 4 rings (SSSR count). The minimum absolute atomic E-state index is 0.239. The SMILES string of the molecule is NC1CCc2c(c3ccccc3n2Cc2ccc(C(=O)NO)cc2)C1. The molecule has 2 aromatic carbocycles. The molecule has 5 nitrogen and oxygen atoms in total. The number of rotatable bonds is 3. The number of para-hydroxylation sites is 1. The maximum absolute atomic E-state index is 11.5.